The molecule has 0 aliphatic carbocycles. The van der Waals surface area contributed by atoms with Crippen LogP contribution < -0.4 is 10.9 Å². The number of nitrogens with one attached hydrogen (secondary N) is 1. The normalized spacial score (nSPS) is 11.0. The van der Waals surface area contributed by atoms with E-state index in [2.05, 4.69) is 10.3 Å². The Morgan fingerprint density at radius 2 is 1.83 bits per heavy atom. The van der Waals surface area contributed by atoms with Crippen molar-refractivity contribution < 1.29 is 4.79 Å². The lowest BCUT2D eigenvalue weighted by Crippen LogP contribution is -2.24. The maximum atomic E-state index is 12.6. The minimum absolute atomic E-state index is 0.0852. The highest BCUT2D eigenvalue weighted by atomic mass is 32.1. The van der Waals surface area contributed by atoms with E-state index in [9.17, 15) is 9.59 Å². The van der Waals surface area contributed by atoms with E-state index in [-0.39, 0.29) is 17.9 Å². The molecule has 4 rings (SSSR count). The molecule has 0 saturated carbocycles. The zero-order chi connectivity index (χ0) is 21.3. The Morgan fingerprint density at radius 3 is 2.60 bits per heavy atom. The van der Waals surface area contributed by atoms with E-state index in [1.54, 1.807) is 10.6 Å². The fraction of sp³-hybridized carbons (Fsp3) is 0.208. The Balaban J connectivity index is 1.49. The minimum atomic E-state index is -0.158. The van der Waals surface area contributed by atoms with Crippen LogP contribution in [0.3, 0.4) is 0 Å². The van der Waals surface area contributed by atoms with Gasteiger partial charge in [-0.15, -0.1) is 11.3 Å². The Kier molecular flexibility index (Phi) is 5.50. The molecule has 2 aromatic heterocycles. The van der Waals surface area contributed by atoms with Gasteiger partial charge in [0, 0.05) is 35.4 Å². The molecular formula is C24H23N3O2S. The van der Waals surface area contributed by atoms with E-state index in [0.29, 0.717) is 11.7 Å². The van der Waals surface area contributed by atoms with E-state index >= 15 is 0 Å². The number of aryl methyl sites for hydroxylation is 4. The molecule has 0 bridgehead atoms. The molecule has 4 aromatic rings. The van der Waals surface area contributed by atoms with Gasteiger partial charge in [0.15, 0.2) is 5.13 Å². The van der Waals surface area contributed by atoms with E-state index in [4.69, 9.17) is 0 Å². The number of para-hydroxylation sites is 1. The zero-order valence-electron chi connectivity index (χ0n) is 17.2. The number of hydrogen-bond donors (Lipinski definition) is 1. The molecule has 1 N–H and O–H groups in total. The van der Waals surface area contributed by atoms with Gasteiger partial charge in [0.1, 0.15) is 0 Å². The second-order valence-corrected chi connectivity index (χ2v) is 8.35. The lowest BCUT2D eigenvalue weighted by molar-refractivity contribution is -0.116. The van der Waals surface area contributed by atoms with Crippen molar-refractivity contribution in [2.24, 2.45) is 0 Å². The Bertz CT molecular complexity index is 1290. The highest BCUT2D eigenvalue weighted by molar-refractivity contribution is 7.14. The number of rotatable bonds is 5. The number of benzene rings is 2. The molecule has 0 aliphatic heterocycles. The molecule has 0 spiro atoms. The summed E-state index contributed by atoms with van der Waals surface area (Å²) >= 11 is 1.40. The maximum Gasteiger partial charge on any atom is 0.251 e. The number of carbonyl (C=O) groups is 1. The average Bonchev–Trinajstić information content (AvgIpc) is 3.17. The number of thiazole rings is 1. The predicted molar refractivity (Wildman–Crippen MR) is 123 cm³/mol. The van der Waals surface area contributed by atoms with Crippen molar-refractivity contribution in [2.45, 2.75) is 33.7 Å². The van der Waals surface area contributed by atoms with E-state index in [1.807, 2.05) is 68.6 Å². The van der Waals surface area contributed by atoms with Crippen molar-refractivity contribution in [3.63, 3.8) is 0 Å². The molecule has 6 heteroatoms. The third-order valence-electron chi connectivity index (χ3n) is 5.20. The molecule has 0 saturated heterocycles. The predicted octanol–water partition coefficient (Wildman–Crippen LogP) is 5.08. The van der Waals surface area contributed by atoms with Gasteiger partial charge in [-0.3, -0.25) is 9.59 Å². The number of amides is 1. The van der Waals surface area contributed by atoms with Gasteiger partial charge in [-0.1, -0.05) is 48.0 Å². The summed E-state index contributed by atoms with van der Waals surface area (Å²) in [4.78, 5) is 29.6. The molecule has 1 amide bonds. The summed E-state index contributed by atoms with van der Waals surface area (Å²) in [7, 11) is 0. The highest BCUT2D eigenvalue weighted by Gasteiger charge is 2.12. The summed E-state index contributed by atoms with van der Waals surface area (Å²) in [6, 6.07) is 15.7. The van der Waals surface area contributed by atoms with Crippen LogP contribution in [0.2, 0.25) is 0 Å². The van der Waals surface area contributed by atoms with Crippen LogP contribution in [-0.2, 0) is 11.3 Å². The van der Waals surface area contributed by atoms with Crippen LogP contribution in [-0.4, -0.2) is 15.5 Å². The van der Waals surface area contributed by atoms with Crippen LogP contribution in [0.1, 0.15) is 23.1 Å². The first-order valence-electron chi connectivity index (χ1n) is 9.84. The first-order valence-corrected chi connectivity index (χ1v) is 10.7. The molecule has 0 radical (unpaired) electrons. The molecule has 0 aliphatic rings. The summed E-state index contributed by atoms with van der Waals surface area (Å²) < 4.78 is 1.69. The lowest BCUT2D eigenvalue weighted by Gasteiger charge is -2.14. The number of carbonyl (C=O) groups excluding carboxylic acids is 1. The van der Waals surface area contributed by atoms with E-state index in [0.717, 1.165) is 33.3 Å². The molecule has 5 nitrogen and oxygen atoms in total. The second kappa shape index (κ2) is 8.24. The van der Waals surface area contributed by atoms with E-state index < -0.39 is 0 Å². The smallest absolute Gasteiger partial charge is 0.251 e. The fourth-order valence-electron chi connectivity index (χ4n) is 3.59. The maximum absolute atomic E-state index is 12.6. The summed E-state index contributed by atoms with van der Waals surface area (Å²) in [6.45, 7) is 6.29. The van der Waals surface area contributed by atoms with Crippen LogP contribution >= 0.6 is 11.3 Å². The number of pyridine rings is 1. The van der Waals surface area contributed by atoms with Gasteiger partial charge in [0.25, 0.3) is 5.56 Å². The fourth-order valence-corrected chi connectivity index (χ4v) is 4.33. The van der Waals surface area contributed by atoms with Gasteiger partial charge in [-0.25, -0.2) is 4.98 Å². The minimum Gasteiger partial charge on any atom is -0.307 e. The third kappa shape index (κ3) is 4.04. The van der Waals surface area contributed by atoms with Crippen LogP contribution in [0.5, 0.6) is 0 Å². The van der Waals surface area contributed by atoms with Gasteiger partial charge in [0.2, 0.25) is 5.91 Å². The summed E-state index contributed by atoms with van der Waals surface area (Å²) in [5.41, 5.74) is 5.83. The molecule has 2 heterocycles. The molecule has 152 valence electrons. The van der Waals surface area contributed by atoms with Gasteiger partial charge in [-0.2, -0.15) is 0 Å². The summed E-state index contributed by atoms with van der Waals surface area (Å²) in [5.74, 6) is -0.158. The number of anilines is 1. The molecule has 0 atom stereocenters. The topological polar surface area (TPSA) is 64.0 Å². The lowest BCUT2D eigenvalue weighted by atomic mass is 10.1. The van der Waals surface area contributed by atoms with Crippen molar-refractivity contribution in [3.8, 4) is 11.3 Å². The number of nitrogens with zero attached hydrogens (tertiary/aromatic N) is 2. The van der Waals surface area contributed by atoms with Gasteiger partial charge >= 0.3 is 0 Å². The molecule has 2 aromatic carbocycles. The molecule has 0 unspecified atom stereocenters. The van der Waals surface area contributed by atoms with Crippen molar-refractivity contribution in [3.05, 3.63) is 81.0 Å². The van der Waals surface area contributed by atoms with Crippen LogP contribution in [0.15, 0.2) is 58.7 Å². The molecular weight excluding hydrogens is 394 g/mol. The average molecular weight is 418 g/mol. The number of aromatic nitrogens is 2. The number of hydrogen-bond acceptors (Lipinski definition) is 4. The third-order valence-corrected chi connectivity index (χ3v) is 5.96. The molecule has 0 fully saturated rings. The monoisotopic (exact) mass is 417 g/mol. The van der Waals surface area contributed by atoms with Gasteiger partial charge in [-0.05, 0) is 31.9 Å². The molecule has 30 heavy (non-hydrogen) atoms. The van der Waals surface area contributed by atoms with Crippen LogP contribution in [0.25, 0.3) is 22.2 Å². The van der Waals surface area contributed by atoms with Gasteiger partial charge in [0.05, 0.1) is 11.2 Å². The van der Waals surface area contributed by atoms with E-state index in [1.165, 1.54) is 16.9 Å². The second-order valence-electron chi connectivity index (χ2n) is 7.49. The first kappa shape index (κ1) is 20.0. The van der Waals surface area contributed by atoms with Crippen molar-refractivity contribution in [1.29, 1.82) is 0 Å². The largest absolute Gasteiger partial charge is 0.307 e. The Morgan fingerprint density at radius 1 is 1.07 bits per heavy atom. The highest BCUT2D eigenvalue weighted by Crippen LogP contribution is 2.25. The Hall–Kier alpha value is -3.25. The quantitative estimate of drug-likeness (QED) is 0.493. The Labute approximate surface area is 179 Å². The zero-order valence-corrected chi connectivity index (χ0v) is 18.0. The number of fused-ring (bicyclic) bond motifs is 1. The van der Waals surface area contributed by atoms with Crippen molar-refractivity contribution >= 4 is 33.3 Å². The summed E-state index contributed by atoms with van der Waals surface area (Å²) in [6.07, 6.45) is 0.200. The standard InChI is InChI=1S/C24H23N3O2S/c1-15-7-9-18(10-8-15)20-14-30-24(25-20)26-21(28)11-12-27-22(29)13-17(3)19-6-4-5-16(2)23(19)27/h4-10,13-14H,11-12H2,1-3H3,(H,25,26,28). The SMILES string of the molecule is Cc1ccc(-c2csc(NC(=O)CCn3c(=O)cc(C)c4cccc(C)c43)n2)cc1. The van der Waals surface area contributed by atoms with Crippen LogP contribution in [0, 0.1) is 20.8 Å². The first-order chi connectivity index (χ1) is 14.4. The van der Waals surface area contributed by atoms with Crippen LogP contribution in [0.4, 0.5) is 5.13 Å². The summed E-state index contributed by atoms with van der Waals surface area (Å²) in [5, 5.41) is 6.39. The van der Waals surface area contributed by atoms with Crippen molar-refractivity contribution in [2.75, 3.05) is 5.32 Å². The van der Waals surface area contributed by atoms with Gasteiger partial charge < -0.3 is 9.88 Å². The van der Waals surface area contributed by atoms with Crippen molar-refractivity contribution in [1.82, 2.24) is 9.55 Å².